The Hall–Kier alpha value is -1.41. The van der Waals surface area contributed by atoms with Gasteiger partial charge in [0.1, 0.15) is 0 Å². The number of sulfonamides is 1. The standard InChI is InChI=1S/C23H27BrClNO4S/c1-2-30-23(27)19-8-6-17(7-9-19)15-26(16-18-4-3-5-20(24)14-18)31(28,29)22-12-10-21(25)11-13-22/h3-5,10-14,17,19H,2,6-9,15-16H2,1H3. The minimum Gasteiger partial charge on any atom is -0.466 e. The van der Waals surface area contributed by atoms with E-state index in [1.165, 1.54) is 0 Å². The lowest BCUT2D eigenvalue weighted by Gasteiger charge is -2.31. The van der Waals surface area contributed by atoms with Crippen LogP contribution >= 0.6 is 27.5 Å². The molecule has 0 spiro atoms. The molecule has 0 unspecified atom stereocenters. The van der Waals surface area contributed by atoms with Crippen LogP contribution in [0, 0.1) is 11.8 Å². The molecule has 5 nitrogen and oxygen atoms in total. The normalized spacial score (nSPS) is 19.4. The smallest absolute Gasteiger partial charge is 0.308 e. The Morgan fingerprint density at radius 3 is 2.42 bits per heavy atom. The van der Waals surface area contributed by atoms with Gasteiger partial charge in [-0.2, -0.15) is 4.31 Å². The van der Waals surface area contributed by atoms with Gasteiger partial charge in [0.2, 0.25) is 10.0 Å². The molecule has 1 aliphatic carbocycles. The van der Waals surface area contributed by atoms with Crippen LogP contribution in [0.3, 0.4) is 0 Å². The highest BCUT2D eigenvalue weighted by molar-refractivity contribution is 9.10. The van der Waals surface area contributed by atoms with Crippen molar-refractivity contribution in [1.29, 1.82) is 0 Å². The number of hydrogen-bond donors (Lipinski definition) is 0. The fourth-order valence-electron chi connectivity index (χ4n) is 3.97. The minimum atomic E-state index is -3.70. The molecule has 8 heteroatoms. The molecule has 0 aromatic heterocycles. The first-order valence-electron chi connectivity index (χ1n) is 10.5. The van der Waals surface area contributed by atoms with Crippen LogP contribution in [-0.4, -0.2) is 31.8 Å². The Balaban J connectivity index is 1.78. The Labute approximate surface area is 197 Å². The van der Waals surface area contributed by atoms with Crippen molar-refractivity contribution in [3.05, 3.63) is 63.6 Å². The second-order valence-corrected chi connectivity index (χ2v) is 11.1. The monoisotopic (exact) mass is 527 g/mol. The molecular formula is C23H27BrClNO4S. The third-order valence-electron chi connectivity index (χ3n) is 5.63. The second kappa shape index (κ2) is 10.9. The molecule has 0 aliphatic heterocycles. The van der Waals surface area contributed by atoms with Crippen molar-refractivity contribution in [2.75, 3.05) is 13.2 Å². The van der Waals surface area contributed by atoms with Crippen molar-refractivity contribution in [3.8, 4) is 0 Å². The van der Waals surface area contributed by atoms with Crippen LogP contribution in [0.25, 0.3) is 0 Å². The van der Waals surface area contributed by atoms with Gasteiger partial charge in [0, 0.05) is 22.6 Å². The number of nitrogens with zero attached hydrogens (tertiary/aromatic N) is 1. The lowest BCUT2D eigenvalue weighted by Crippen LogP contribution is -2.37. The van der Waals surface area contributed by atoms with E-state index in [4.69, 9.17) is 16.3 Å². The average Bonchev–Trinajstić information content (AvgIpc) is 2.74. The molecule has 0 heterocycles. The Morgan fingerprint density at radius 2 is 1.81 bits per heavy atom. The maximum Gasteiger partial charge on any atom is 0.308 e. The van der Waals surface area contributed by atoms with Gasteiger partial charge in [-0.05, 0) is 80.5 Å². The molecule has 168 valence electrons. The molecule has 3 rings (SSSR count). The molecular weight excluding hydrogens is 502 g/mol. The van der Waals surface area contributed by atoms with Gasteiger partial charge in [-0.3, -0.25) is 4.79 Å². The van der Waals surface area contributed by atoms with Crippen LogP contribution in [0.15, 0.2) is 57.9 Å². The number of rotatable bonds is 8. The second-order valence-electron chi connectivity index (χ2n) is 7.85. The summed E-state index contributed by atoms with van der Waals surface area (Å²) in [6.45, 7) is 2.89. The third kappa shape index (κ3) is 6.54. The zero-order chi connectivity index (χ0) is 22.4. The fraction of sp³-hybridized carbons (Fsp3) is 0.435. The summed E-state index contributed by atoms with van der Waals surface area (Å²) in [4.78, 5) is 12.3. The predicted molar refractivity (Wildman–Crippen MR) is 125 cm³/mol. The van der Waals surface area contributed by atoms with Crippen molar-refractivity contribution < 1.29 is 17.9 Å². The molecule has 2 aromatic rings. The summed E-state index contributed by atoms with van der Waals surface area (Å²) in [6, 6.07) is 13.9. The van der Waals surface area contributed by atoms with E-state index in [9.17, 15) is 13.2 Å². The lowest BCUT2D eigenvalue weighted by molar-refractivity contribution is -0.149. The van der Waals surface area contributed by atoms with E-state index in [1.807, 2.05) is 31.2 Å². The summed E-state index contributed by atoms with van der Waals surface area (Å²) in [6.07, 6.45) is 3.06. The van der Waals surface area contributed by atoms with Crippen molar-refractivity contribution in [2.45, 2.75) is 44.0 Å². The molecule has 0 amide bonds. The van der Waals surface area contributed by atoms with Crippen LogP contribution in [0.2, 0.25) is 5.02 Å². The van der Waals surface area contributed by atoms with Gasteiger partial charge in [0.25, 0.3) is 0 Å². The Morgan fingerprint density at radius 1 is 1.13 bits per heavy atom. The van der Waals surface area contributed by atoms with E-state index >= 15 is 0 Å². The first-order chi connectivity index (χ1) is 14.8. The molecule has 2 aromatic carbocycles. The SMILES string of the molecule is CCOC(=O)C1CCC(CN(Cc2cccc(Br)c2)S(=O)(=O)c2ccc(Cl)cc2)CC1. The quantitative estimate of drug-likeness (QED) is 0.415. The number of esters is 1. The van der Waals surface area contributed by atoms with Crippen LogP contribution in [0.5, 0.6) is 0 Å². The summed E-state index contributed by atoms with van der Waals surface area (Å²) in [7, 11) is -3.70. The van der Waals surface area contributed by atoms with Gasteiger partial charge < -0.3 is 4.74 Å². The van der Waals surface area contributed by atoms with Crippen LogP contribution in [-0.2, 0) is 26.1 Å². The van der Waals surface area contributed by atoms with Crippen molar-refractivity contribution >= 4 is 43.5 Å². The largest absolute Gasteiger partial charge is 0.466 e. The van der Waals surface area contributed by atoms with E-state index in [1.54, 1.807) is 28.6 Å². The molecule has 0 saturated heterocycles. The lowest BCUT2D eigenvalue weighted by atomic mass is 9.82. The van der Waals surface area contributed by atoms with E-state index < -0.39 is 10.0 Å². The van der Waals surface area contributed by atoms with Gasteiger partial charge in [0.05, 0.1) is 17.4 Å². The van der Waals surface area contributed by atoms with E-state index in [0.717, 1.165) is 35.7 Å². The van der Waals surface area contributed by atoms with Gasteiger partial charge in [-0.25, -0.2) is 8.42 Å². The van der Waals surface area contributed by atoms with E-state index in [-0.39, 0.29) is 29.2 Å². The number of benzene rings is 2. The number of hydrogen-bond acceptors (Lipinski definition) is 4. The van der Waals surface area contributed by atoms with Crippen molar-refractivity contribution in [2.24, 2.45) is 11.8 Å². The van der Waals surface area contributed by atoms with Gasteiger partial charge in [-0.1, -0.05) is 39.7 Å². The van der Waals surface area contributed by atoms with Crippen molar-refractivity contribution in [1.82, 2.24) is 4.31 Å². The predicted octanol–water partition coefficient (Wildman–Crippen LogP) is 5.66. The van der Waals surface area contributed by atoms with E-state index in [0.29, 0.717) is 18.2 Å². The summed E-state index contributed by atoms with van der Waals surface area (Å²) in [5.41, 5.74) is 0.909. The number of carbonyl (C=O) groups excluding carboxylic acids is 1. The molecule has 31 heavy (non-hydrogen) atoms. The van der Waals surface area contributed by atoms with Crippen LogP contribution < -0.4 is 0 Å². The summed E-state index contributed by atoms with van der Waals surface area (Å²) >= 11 is 9.41. The maximum atomic E-state index is 13.5. The number of carbonyl (C=O) groups is 1. The molecule has 1 saturated carbocycles. The topological polar surface area (TPSA) is 63.7 Å². The van der Waals surface area contributed by atoms with Crippen LogP contribution in [0.4, 0.5) is 0 Å². The zero-order valence-corrected chi connectivity index (χ0v) is 20.6. The highest BCUT2D eigenvalue weighted by Gasteiger charge is 2.32. The molecule has 1 aliphatic rings. The van der Waals surface area contributed by atoms with E-state index in [2.05, 4.69) is 15.9 Å². The average molecular weight is 529 g/mol. The Bertz CT molecular complexity index is 989. The first-order valence-corrected chi connectivity index (χ1v) is 13.1. The minimum absolute atomic E-state index is 0.0809. The van der Waals surface area contributed by atoms with Crippen molar-refractivity contribution in [3.63, 3.8) is 0 Å². The fourth-order valence-corrected chi connectivity index (χ4v) is 6.05. The summed E-state index contributed by atoms with van der Waals surface area (Å²) in [5.74, 6) is -0.0248. The van der Waals surface area contributed by atoms with Gasteiger partial charge >= 0.3 is 5.97 Å². The number of halogens is 2. The third-order valence-corrected chi connectivity index (χ3v) is 8.20. The number of ether oxygens (including phenoxy) is 1. The highest BCUT2D eigenvalue weighted by Crippen LogP contribution is 2.32. The van der Waals surface area contributed by atoms with Crippen LogP contribution in [0.1, 0.15) is 38.2 Å². The summed E-state index contributed by atoms with van der Waals surface area (Å²) < 4.78 is 34.5. The molecule has 0 radical (unpaired) electrons. The van der Waals surface area contributed by atoms with Gasteiger partial charge in [-0.15, -0.1) is 0 Å². The first kappa shape index (κ1) is 24.2. The van der Waals surface area contributed by atoms with Gasteiger partial charge in [0.15, 0.2) is 0 Å². The molecule has 0 N–H and O–H groups in total. The highest BCUT2D eigenvalue weighted by atomic mass is 79.9. The molecule has 1 fully saturated rings. The Kier molecular flexibility index (Phi) is 8.56. The molecule has 0 atom stereocenters. The summed E-state index contributed by atoms with van der Waals surface area (Å²) in [5, 5.41) is 0.495. The molecule has 0 bridgehead atoms. The zero-order valence-electron chi connectivity index (χ0n) is 17.5. The maximum absolute atomic E-state index is 13.5.